The Morgan fingerprint density at radius 2 is 2.00 bits per heavy atom. The van der Waals surface area contributed by atoms with Crippen molar-refractivity contribution in [2.45, 2.75) is 38.7 Å². The molecule has 18 heavy (non-hydrogen) atoms. The minimum atomic E-state index is -0.981. The zero-order chi connectivity index (χ0) is 13.4. The summed E-state index contributed by atoms with van der Waals surface area (Å²) in [4.78, 5) is 22.2. The minimum absolute atomic E-state index is 0.293. The topological polar surface area (TPSA) is 52.6 Å². The maximum atomic E-state index is 11.3. The predicted molar refractivity (Wildman–Crippen MR) is 68.1 cm³/mol. The van der Waals surface area contributed by atoms with E-state index in [1.54, 1.807) is 12.2 Å². The van der Waals surface area contributed by atoms with E-state index in [2.05, 4.69) is 0 Å². The summed E-state index contributed by atoms with van der Waals surface area (Å²) in [5.74, 6) is 0.539. The highest BCUT2D eigenvalue weighted by Gasteiger charge is 2.33. The molecular weight excluding hydrogens is 232 g/mol. The van der Waals surface area contributed by atoms with E-state index >= 15 is 0 Å². The average Bonchev–Trinajstić information content (AvgIpc) is 2.43. The summed E-state index contributed by atoms with van der Waals surface area (Å²) in [5.41, 5.74) is -0.494. The van der Waals surface area contributed by atoms with Crippen LogP contribution in [0.2, 0.25) is 0 Å². The molecule has 0 spiro atoms. The summed E-state index contributed by atoms with van der Waals surface area (Å²) >= 11 is 0. The van der Waals surface area contributed by atoms with Crippen LogP contribution in [0.5, 0.6) is 0 Å². The largest absolute Gasteiger partial charge is 0.497 e. The lowest BCUT2D eigenvalue weighted by Gasteiger charge is -2.29. The van der Waals surface area contributed by atoms with Gasteiger partial charge in [0.25, 0.3) is 0 Å². The lowest BCUT2D eigenvalue weighted by Crippen LogP contribution is -2.35. The molecule has 0 aromatic rings. The molecule has 1 rings (SSSR count). The fourth-order valence-corrected chi connectivity index (χ4v) is 1.71. The molecule has 0 aromatic carbocycles. The van der Waals surface area contributed by atoms with Gasteiger partial charge in [0.05, 0.1) is 12.2 Å². The van der Waals surface area contributed by atoms with E-state index in [0.717, 1.165) is 25.4 Å². The van der Waals surface area contributed by atoms with Gasteiger partial charge in [-0.15, -0.1) is 0 Å². The monoisotopic (exact) mass is 252 g/mol. The Morgan fingerprint density at radius 3 is 2.56 bits per heavy atom. The number of allylic oxidation sites excluding steroid dienone is 2. The molecule has 4 nitrogen and oxygen atoms in total. The van der Waals surface area contributed by atoms with Gasteiger partial charge in [0.1, 0.15) is 11.4 Å². The molecule has 0 aliphatic heterocycles. The van der Waals surface area contributed by atoms with Crippen molar-refractivity contribution >= 4 is 12.6 Å². The van der Waals surface area contributed by atoms with E-state index in [4.69, 9.17) is 9.47 Å². The van der Waals surface area contributed by atoms with E-state index in [1.807, 2.05) is 13.8 Å². The predicted octanol–water partition coefficient (Wildman–Crippen LogP) is 2.19. The Labute approximate surface area is 108 Å². The normalized spacial score (nSPS) is 23.0. The zero-order valence-corrected chi connectivity index (χ0v) is 11.0. The maximum Gasteiger partial charge on any atom is 0.156 e. The van der Waals surface area contributed by atoms with Crippen molar-refractivity contribution in [2.24, 2.45) is 0 Å². The van der Waals surface area contributed by atoms with E-state index in [1.165, 1.54) is 0 Å². The second kappa shape index (κ2) is 7.11. The van der Waals surface area contributed by atoms with Gasteiger partial charge in [-0.3, -0.25) is 9.59 Å². The van der Waals surface area contributed by atoms with E-state index in [0.29, 0.717) is 31.0 Å². The second-order valence-electron chi connectivity index (χ2n) is 4.28. The standard InChI is InChI=1S/C14H20O4/c1-3-7-17-13-9-14(11-16,18-8-4-2)6-5-12(13)10-15/h5-6,10-11H,3-4,7-9H2,1-2H3. The van der Waals surface area contributed by atoms with Crippen LogP contribution in [0.1, 0.15) is 33.1 Å². The second-order valence-corrected chi connectivity index (χ2v) is 4.28. The first kappa shape index (κ1) is 14.6. The van der Waals surface area contributed by atoms with Gasteiger partial charge in [0.2, 0.25) is 0 Å². The number of carbonyl (C=O) groups excluding carboxylic acids is 2. The van der Waals surface area contributed by atoms with Crippen LogP contribution in [0.25, 0.3) is 0 Å². The number of hydrogen-bond acceptors (Lipinski definition) is 4. The first-order valence-corrected chi connectivity index (χ1v) is 6.32. The number of rotatable bonds is 8. The molecule has 0 radical (unpaired) electrons. The first-order chi connectivity index (χ1) is 8.71. The lowest BCUT2D eigenvalue weighted by atomic mass is 9.92. The third-order valence-electron chi connectivity index (χ3n) is 2.69. The molecule has 0 aromatic heterocycles. The van der Waals surface area contributed by atoms with Gasteiger partial charge in [-0.1, -0.05) is 13.8 Å². The van der Waals surface area contributed by atoms with Crippen molar-refractivity contribution in [3.8, 4) is 0 Å². The molecule has 0 amide bonds. The van der Waals surface area contributed by atoms with Crippen LogP contribution < -0.4 is 0 Å². The van der Waals surface area contributed by atoms with Crippen LogP contribution in [0, 0.1) is 0 Å². The number of ether oxygens (including phenoxy) is 2. The summed E-state index contributed by atoms with van der Waals surface area (Å²) in [7, 11) is 0. The summed E-state index contributed by atoms with van der Waals surface area (Å²) in [5, 5.41) is 0. The van der Waals surface area contributed by atoms with Gasteiger partial charge in [-0.05, 0) is 25.0 Å². The van der Waals surface area contributed by atoms with E-state index in [-0.39, 0.29) is 0 Å². The van der Waals surface area contributed by atoms with Crippen molar-refractivity contribution in [1.29, 1.82) is 0 Å². The van der Waals surface area contributed by atoms with E-state index in [9.17, 15) is 9.59 Å². The average molecular weight is 252 g/mol. The van der Waals surface area contributed by atoms with Gasteiger partial charge in [0.15, 0.2) is 12.6 Å². The molecule has 0 saturated heterocycles. The number of hydrogen-bond donors (Lipinski definition) is 0. The molecule has 0 bridgehead atoms. The van der Waals surface area contributed by atoms with Gasteiger partial charge in [0, 0.05) is 13.0 Å². The van der Waals surface area contributed by atoms with E-state index < -0.39 is 5.60 Å². The van der Waals surface area contributed by atoms with Gasteiger partial charge in [-0.2, -0.15) is 0 Å². The highest BCUT2D eigenvalue weighted by atomic mass is 16.5. The third-order valence-corrected chi connectivity index (χ3v) is 2.69. The maximum absolute atomic E-state index is 11.3. The van der Waals surface area contributed by atoms with Crippen molar-refractivity contribution in [1.82, 2.24) is 0 Å². The molecular formula is C14H20O4. The Morgan fingerprint density at radius 1 is 1.28 bits per heavy atom. The van der Waals surface area contributed by atoms with Crippen LogP contribution in [0.3, 0.4) is 0 Å². The molecule has 100 valence electrons. The van der Waals surface area contributed by atoms with Crippen LogP contribution in [0.15, 0.2) is 23.5 Å². The van der Waals surface area contributed by atoms with Crippen molar-refractivity contribution in [2.75, 3.05) is 13.2 Å². The fraction of sp³-hybridized carbons (Fsp3) is 0.571. The Hall–Kier alpha value is -1.42. The first-order valence-electron chi connectivity index (χ1n) is 6.32. The molecule has 1 aliphatic carbocycles. The molecule has 0 heterocycles. The Balaban J connectivity index is 2.85. The zero-order valence-electron chi connectivity index (χ0n) is 11.0. The summed E-state index contributed by atoms with van der Waals surface area (Å²) in [6.07, 6.45) is 6.74. The molecule has 0 fully saturated rings. The molecule has 4 heteroatoms. The van der Waals surface area contributed by atoms with Crippen LogP contribution in [-0.4, -0.2) is 31.4 Å². The van der Waals surface area contributed by atoms with Crippen LogP contribution >= 0.6 is 0 Å². The third kappa shape index (κ3) is 3.53. The minimum Gasteiger partial charge on any atom is -0.497 e. The van der Waals surface area contributed by atoms with Crippen molar-refractivity contribution < 1.29 is 19.1 Å². The Kier molecular flexibility index (Phi) is 5.78. The fourth-order valence-electron chi connectivity index (χ4n) is 1.71. The molecule has 1 unspecified atom stereocenters. The van der Waals surface area contributed by atoms with Gasteiger partial charge >= 0.3 is 0 Å². The highest BCUT2D eigenvalue weighted by molar-refractivity contribution is 5.81. The highest BCUT2D eigenvalue weighted by Crippen LogP contribution is 2.29. The Bertz CT molecular complexity index is 357. The van der Waals surface area contributed by atoms with Gasteiger partial charge in [-0.25, -0.2) is 0 Å². The molecule has 1 atom stereocenters. The summed E-state index contributed by atoms with van der Waals surface area (Å²) < 4.78 is 11.1. The van der Waals surface area contributed by atoms with Crippen LogP contribution in [-0.2, 0) is 19.1 Å². The number of carbonyl (C=O) groups is 2. The van der Waals surface area contributed by atoms with Crippen LogP contribution in [0.4, 0.5) is 0 Å². The van der Waals surface area contributed by atoms with Gasteiger partial charge < -0.3 is 9.47 Å². The molecule has 1 aliphatic rings. The summed E-state index contributed by atoms with van der Waals surface area (Å²) in [6, 6.07) is 0. The molecule has 0 N–H and O–H groups in total. The number of aldehydes is 2. The van der Waals surface area contributed by atoms with Crippen molar-refractivity contribution in [3.05, 3.63) is 23.5 Å². The molecule has 0 saturated carbocycles. The van der Waals surface area contributed by atoms with Crippen molar-refractivity contribution in [3.63, 3.8) is 0 Å². The lowest BCUT2D eigenvalue weighted by molar-refractivity contribution is -0.126. The SMILES string of the molecule is CCCOC1=C(C=O)C=CC(C=O)(OCCC)C1. The summed E-state index contributed by atoms with van der Waals surface area (Å²) in [6.45, 7) is 5.00. The quantitative estimate of drug-likeness (QED) is 0.621. The smallest absolute Gasteiger partial charge is 0.156 e.